The molecule has 0 aliphatic rings. The van der Waals surface area contributed by atoms with E-state index in [0.29, 0.717) is 23.0 Å². The first-order valence-electron chi connectivity index (χ1n) is 10.9. The minimum absolute atomic E-state index is 0.134. The number of benzene rings is 2. The van der Waals surface area contributed by atoms with E-state index in [1.54, 1.807) is 0 Å². The standard InChI is InChI=1S/C27H36OSi/c1-21(2)29(22(3)4,23(5)6)19-13-18-26(24-14-9-7-10-15-24)20-27(28)25-16-11-8-12-17-25/h7-12,14-17,21-23,26H,18,20H2,1-6H3. The molecule has 0 bridgehead atoms. The molecule has 2 heteroatoms. The molecule has 0 spiro atoms. The summed E-state index contributed by atoms with van der Waals surface area (Å²) in [5.74, 6) is 3.91. The molecule has 0 heterocycles. The zero-order chi connectivity index (χ0) is 21.4. The van der Waals surface area contributed by atoms with Crippen LogP contribution in [0.3, 0.4) is 0 Å². The SMILES string of the molecule is CC(C)[Si](C#CCC(CC(=O)c1ccccc1)c1ccccc1)(C(C)C)C(C)C. The van der Waals surface area contributed by atoms with Gasteiger partial charge in [-0.2, -0.15) is 0 Å². The van der Waals surface area contributed by atoms with E-state index in [0.717, 1.165) is 12.0 Å². The lowest BCUT2D eigenvalue weighted by atomic mass is 9.89. The van der Waals surface area contributed by atoms with Gasteiger partial charge in [-0.15, -0.1) is 11.5 Å². The molecule has 0 aliphatic carbocycles. The lowest BCUT2D eigenvalue weighted by Gasteiger charge is -2.38. The van der Waals surface area contributed by atoms with Crippen LogP contribution < -0.4 is 0 Å². The molecule has 0 saturated carbocycles. The molecule has 0 fully saturated rings. The van der Waals surface area contributed by atoms with Crippen LogP contribution in [0.25, 0.3) is 0 Å². The van der Waals surface area contributed by atoms with Crippen molar-refractivity contribution in [2.75, 3.05) is 0 Å². The molecule has 0 amide bonds. The Morgan fingerprint density at radius 3 is 1.76 bits per heavy atom. The predicted molar refractivity (Wildman–Crippen MR) is 128 cm³/mol. The van der Waals surface area contributed by atoms with Crippen LogP contribution >= 0.6 is 0 Å². The van der Waals surface area contributed by atoms with Crippen molar-refractivity contribution in [3.05, 3.63) is 71.8 Å². The molecular formula is C27H36OSi. The number of carbonyl (C=O) groups is 1. The number of carbonyl (C=O) groups excluding carboxylic acids is 1. The lowest BCUT2D eigenvalue weighted by molar-refractivity contribution is 0.0974. The van der Waals surface area contributed by atoms with Crippen LogP contribution in [0.15, 0.2) is 60.7 Å². The highest BCUT2D eigenvalue weighted by atomic mass is 28.3. The highest BCUT2D eigenvalue weighted by Crippen LogP contribution is 2.41. The second-order valence-electron chi connectivity index (χ2n) is 9.00. The van der Waals surface area contributed by atoms with Crippen LogP contribution in [0.4, 0.5) is 0 Å². The first kappa shape index (κ1) is 23.2. The van der Waals surface area contributed by atoms with Crippen molar-refractivity contribution in [3.63, 3.8) is 0 Å². The van der Waals surface area contributed by atoms with Gasteiger partial charge in [0.25, 0.3) is 0 Å². The molecule has 1 unspecified atom stereocenters. The Morgan fingerprint density at radius 2 is 1.28 bits per heavy atom. The Hall–Kier alpha value is -2.11. The first-order valence-corrected chi connectivity index (χ1v) is 13.1. The van der Waals surface area contributed by atoms with E-state index in [1.807, 2.05) is 36.4 Å². The molecule has 0 saturated heterocycles. The third kappa shape index (κ3) is 5.70. The fraction of sp³-hybridized carbons (Fsp3) is 0.444. The van der Waals surface area contributed by atoms with Crippen LogP contribution in [0.1, 0.15) is 76.2 Å². The third-order valence-corrected chi connectivity index (χ3v) is 12.7. The van der Waals surface area contributed by atoms with Gasteiger partial charge in [-0.3, -0.25) is 4.79 Å². The Morgan fingerprint density at radius 1 is 0.793 bits per heavy atom. The van der Waals surface area contributed by atoms with E-state index >= 15 is 0 Å². The Kier molecular flexibility index (Phi) is 8.47. The molecule has 2 rings (SSSR count). The second kappa shape index (κ2) is 10.6. The molecule has 29 heavy (non-hydrogen) atoms. The maximum atomic E-state index is 12.9. The quantitative estimate of drug-likeness (QED) is 0.251. The van der Waals surface area contributed by atoms with Gasteiger partial charge >= 0.3 is 0 Å². The van der Waals surface area contributed by atoms with Crippen molar-refractivity contribution < 1.29 is 4.79 Å². The number of ketones is 1. The average molecular weight is 405 g/mol. The largest absolute Gasteiger partial charge is 0.294 e. The van der Waals surface area contributed by atoms with Gasteiger partial charge in [0.05, 0.1) is 0 Å². The fourth-order valence-electron chi connectivity index (χ4n) is 4.76. The number of Topliss-reactive ketones (excluding diaryl/α,β-unsaturated/α-hetero) is 1. The van der Waals surface area contributed by atoms with E-state index in [-0.39, 0.29) is 11.7 Å². The summed E-state index contributed by atoms with van der Waals surface area (Å²) in [7, 11) is -1.75. The van der Waals surface area contributed by atoms with Gasteiger partial charge < -0.3 is 0 Å². The lowest BCUT2D eigenvalue weighted by Crippen LogP contribution is -2.43. The smallest absolute Gasteiger partial charge is 0.163 e. The summed E-state index contributed by atoms with van der Waals surface area (Å²) in [6.45, 7) is 14.1. The summed E-state index contributed by atoms with van der Waals surface area (Å²) in [6, 6.07) is 20.0. The zero-order valence-electron chi connectivity index (χ0n) is 18.9. The Balaban J connectivity index is 2.30. The maximum absolute atomic E-state index is 12.9. The monoisotopic (exact) mass is 404 g/mol. The second-order valence-corrected chi connectivity index (χ2v) is 14.6. The normalized spacial score (nSPS) is 12.7. The van der Waals surface area contributed by atoms with Crippen LogP contribution in [0, 0.1) is 11.5 Å². The molecule has 1 atom stereocenters. The molecule has 0 radical (unpaired) electrons. The summed E-state index contributed by atoms with van der Waals surface area (Å²) < 4.78 is 0. The molecule has 2 aromatic carbocycles. The fourth-order valence-corrected chi connectivity index (χ4v) is 10.0. The van der Waals surface area contributed by atoms with Crippen molar-refractivity contribution >= 4 is 13.9 Å². The first-order chi connectivity index (χ1) is 13.8. The van der Waals surface area contributed by atoms with Crippen molar-refractivity contribution in [1.29, 1.82) is 0 Å². The average Bonchev–Trinajstić information content (AvgIpc) is 2.70. The maximum Gasteiger partial charge on any atom is 0.163 e. The van der Waals surface area contributed by atoms with E-state index < -0.39 is 8.07 Å². The van der Waals surface area contributed by atoms with E-state index in [1.165, 1.54) is 5.56 Å². The summed E-state index contributed by atoms with van der Waals surface area (Å²) in [5.41, 5.74) is 7.68. The van der Waals surface area contributed by atoms with E-state index in [2.05, 4.69) is 77.3 Å². The van der Waals surface area contributed by atoms with Gasteiger partial charge in [-0.05, 0) is 22.2 Å². The summed E-state index contributed by atoms with van der Waals surface area (Å²) in [6.07, 6.45) is 1.24. The minimum atomic E-state index is -1.75. The summed E-state index contributed by atoms with van der Waals surface area (Å²) in [5, 5.41) is 0. The van der Waals surface area contributed by atoms with Crippen LogP contribution in [0.5, 0.6) is 0 Å². The van der Waals surface area contributed by atoms with E-state index in [9.17, 15) is 4.79 Å². The van der Waals surface area contributed by atoms with Gasteiger partial charge in [-0.1, -0.05) is 102 Å². The topological polar surface area (TPSA) is 17.1 Å². The molecule has 0 N–H and O–H groups in total. The van der Waals surface area contributed by atoms with Crippen LogP contribution in [-0.4, -0.2) is 13.9 Å². The van der Waals surface area contributed by atoms with Crippen LogP contribution in [-0.2, 0) is 0 Å². The Labute approximate surface area is 179 Å². The third-order valence-electron chi connectivity index (χ3n) is 6.32. The van der Waals surface area contributed by atoms with Gasteiger partial charge in [0, 0.05) is 24.3 Å². The summed E-state index contributed by atoms with van der Waals surface area (Å²) >= 11 is 0. The van der Waals surface area contributed by atoms with E-state index in [4.69, 9.17) is 0 Å². The number of rotatable bonds is 8. The Bertz CT molecular complexity index is 803. The minimum Gasteiger partial charge on any atom is -0.294 e. The van der Waals surface area contributed by atoms with Gasteiger partial charge in [0.1, 0.15) is 8.07 Å². The molecular weight excluding hydrogens is 368 g/mol. The highest BCUT2D eigenvalue weighted by Gasteiger charge is 2.41. The number of hydrogen-bond donors (Lipinski definition) is 0. The molecule has 1 nitrogen and oxygen atoms in total. The number of hydrogen-bond acceptors (Lipinski definition) is 1. The van der Waals surface area contributed by atoms with Crippen molar-refractivity contribution in [3.8, 4) is 11.5 Å². The summed E-state index contributed by atoms with van der Waals surface area (Å²) in [4.78, 5) is 12.9. The van der Waals surface area contributed by atoms with Crippen LogP contribution in [0.2, 0.25) is 16.6 Å². The van der Waals surface area contributed by atoms with Crippen molar-refractivity contribution in [2.24, 2.45) is 0 Å². The van der Waals surface area contributed by atoms with Crippen molar-refractivity contribution in [2.45, 2.75) is 76.9 Å². The van der Waals surface area contributed by atoms with Gasteiger partial charge in [0.15, 0.2) is 5.78 Å². The molecule has 0 aromatic heterocycles. The molecule has 0 aliphatic heterocycles. The van der Waals surface area contributed by atoms with Gasteiger partial charge in [0.2, 0.25) is 0 Å². The zero-order valence-corrected chi connectivity index (χ0v) is 19.9. The van der Waals surface area contributed by atoms with Crippen molar-refractivity contribution in [1.82, 2.24) is 0 Å². The molecule has 2 aromatic rings. The van der Waals surface area contributed by atoms with Gasteiger partial charge in [-0.25, -0.2) is 0 Å². The highest BCUT2D eigenvalue weighted by molar-refractivity contribution is 6.90. The predicted octanol–water partition coefficient (Wildman–Crippen LogP) is 7.65. The molecule has 154 valence electrons.